The van der Waals surface area contributed by atoms with Crippen molar-refractivity contribution in [3.63, 3.8) is 0 Å². The van der Waals surface area contributed by atoms with E-state index in [2.05, 4.69) is 68.1 Å². The maximum absolute atomic E-state index is 2.65. The van der Waals surface area contributed by atoms with Crippen LogP contribution in [0.1, 0.15) is 43.2 Å². The van der Waals surface area contributed by atoms with Crippen LogP contribution in [-0.4, -0.2) is 42.4 Å². The molecule has 0 spiro atoms. The van der Waals surface area contributed by atoms with E-state index < -0.39 is 18.4 Å². The number of fused-ring (bicyclic) bond motifs is 2. The second-order valence-corrected chi connectivity index (χ2v) is 23.0. The zero-order chi connectivity index (χ0) is 15.9. The summed E-state index contributed by atoms with van der Waals surface area (Å²) < 4.78 is 2.50. The van der Waals surface area contributed by atoms with Crippen LogP contribution in [-0.2, 0) is 0 Å². The van der Waals surface area contributed by atoms with E-state index in [9.17, 15) is 0 Å². The van der Waals surface area contributed by atoms with Crippen LogP contribution in [0.2, 0.25) is 14.8 Å². The molecule has 0 aliphatic carbocycles. The molecule has 0 saturated carbocycles. The Balaban J connectivity index is 1.75. The molecule has 2 saturated heterocycles. The monoisotopic (exact) mass is 405 g/mol. The molecule has 120 valence electrons. The third-order valence-corrected chi connectivity index (χ3v) is 9.13. The standard InChI is InChI=1S/C17H22N.3CH3.Sn/c1-4-13-5-7-14(8-6-13)16-11-15-9-10-17(12(16)2)18(15)3;;;;/h1,4-8,12,15-17H,9-11H2,2-3H3;3*1H3;. The summed E-state index contributed by atoms with van der Waals surface area (Å²) in [5, 5.41) is 0. The molecule has 1 aromatic carbocycles. The molecule has 2 aliphatic heterocycles. The van der Waals surface area contributed by atoms with Crippen LogP contribution in [0.3, 0.4) is 0 Å². The minimum absolute atomic E-state index is 0.758. The van der Waals surface area contributed by atoms with E-state index >= 15 is 0 Å². The van der Waals surface area contributed by atoms with Gasteiger partial charge in [-0.1, -0.05) is 0 Å². The summed E-state index contributed by atoms with van der Waals surface area (Å²) in [4.78, 5) is 10.0. The molecule has 2 heteroatoms. The average Bonchev–Trinajstić information content (AvgIpc) is 2.72. The molecule has 3 rings (SSSR count). The molecule has 0 N–H and O–H groups in total. The van der Waals surface area contributed by atoms with Gasteiger partial charge in [0.1, 0.15) is 0 Å². The van der Waals surface area contributed by atoms with Crippen molar-refractivity contribution >= 4 is 24.5 Å². The molecule has 1 nitrogen and oxygen atoms in total. The Hall–Kier alpha value is -0.281. The molecule has 0 radical (unpaired) electrons. The van der Waals surface area contributed by atoms with Gasteiger partial charge < -0.3 is 0 Å². The Morgan fingerprint density at radius 2 is 1.77 bits per heavy atom. The van der Waals surface area contributed by atoms with Crippen LogP contribution in [0, 0.1) is 5.92 Å². The van der Waals surface area contributed by atoms with E-state index in [4.69, 9.17) is 0 Å². The van der Waals surface area contributed by atoms with Gasteiger partial charge in [-0.2, -0.15) is 0 Å². The van der Waals surface area contributed by atoms with Gasteiger partial charge in [0.05, 0.1) is 0 Å². The summed E-state index contributed by atoms with van der Waals surface area (Å²) in [5.41, 5.74) is 2.94. The second-order valence-electron chi connectivity index (χ2n) is 8.53. The predicted molar refractivity (Wildman–Crippen MR) is 99.9 cm³/mol. The van der Waals surface area contributed by atoms with Crippen LogP contribution in [0.4, 0.5) is 0 Å². The molecular formula is C20H31NSn. The third kappa shape index (κ3) is 3.46. The Morgan fingerprint density at radius 3 is 2.41 bits per heavy atom. The average molecular weight is 404 g/mol. The van der Waals surface area contributed by atoms with Crippen LogP contribution in [0.5, 0.6) is 0 Å². The SMILES string of the molecule is CC1C(c2ccc(/C=[CH]/[Sn]([CH3])([CH3])[CH3])cc2)CC2CCC1N2C. The van der Waals surface area contributed by atoms with Gasteiger partial charge >= 0.3 is 141 Å². The first kappa shape index (κ1) is 16.6. The van der Waals surface area contributed by atoms with Crippen molar-refractivity contribution < 1.29 is 0 Å². The molecule has 4 atom stereocenters. The zero-order valence-corrected chi connectivity index (χ0v) is 17.7. The van der Waals surface area contributed by atoms with Crippen molar-refractivity contribution in [1.29, 1.82) is 0 Å². The molecular weight excluding hydrogens is 373 g/mol. The number of benzene rings is 1. The van der Waals surface area contributed by atoms with Crippen LogP contribution >= 0.6 is 0 Å². The third-order valence-electron chi connectivity index (χ3n) is 5.80. The van der Waals surface area contributed by atoms with E-state index in [1.807, 2.05) is 0 Å². The Bertz CT molecular complexity index is 540. The van der Waals surface area contributed by atoms with Gasteiger partial charge in [-0.05, 0) is 0 Å². The van der Waals surface area contributed by atoms with Crippen molar-refractivity contribution in [1.82, 2.24) is 4.90 Å². The Kier molecular flexibility index (Phi) is 4.76. The number of rotatable bonds is 3. The number of hydrogen-bond acceptors (Lipinski definition) is 1. The van der Waals surface area contributed by atoms with Crippen molar-refractivity contribution in [2.24, 2.45) is 5.92 Å². The molecule has 2 bridgehead atoms. The first-order chi connectivity index (χ1) is 10.3. The predicted octanol–water partition coefficient (Wildman–Crippen LogP) is 5.16. The maximum atomic E-state index is 2.65. The van der Waals surface area contributed by atoms with E-state index in [1.54, 1.807) is 5.56 Å². The van der Waals surface area contributed by atoms with Gasteiger partial charge in [0.15, 0.2) is 0 Å². The molecule has 0 amide bonds. The van der Waals surface area contributed by atoms with Gasteiger partial charge in [0.25, 0.3) is 0 Å². The summed E-state index contributed by atoms with van der Waals surface area (Å²) in [6.07, 6.45) is 6.50. The Labute approximate surface area is 140 Å². The summed E-state index contributed by atoms with van der Waals surface area (Å²) >= 11 is -1.79. The summed E-state index contributed by atoms with van der Waals surface area (Å²) in [6, 6.07) is 11.1. The van der Waals surface area contributed by atoms with E-state index in [0.29, 0.717) is 0 Å². The van der Waals surface area contributed by atoms with Gasteiger partial charge in [0, 0.05) is 0 Å². The van der Waals surface area contributed by atoms with Gasteiger partial charge in [-0.3, -0.25) is 0 Å². The van der Waals surface area contributed by atoms with Crippen molar-refractivity contribution in [2.45, 2.75) is 59.0 Å². The van der Waals surface area contributed by atoms with Crippen LogP contribution < -0.4 is 0 Å². The zero-order valence-electron chi connectivity index (χ0n) is 14.8. The topological polar surface area (TPSA) is 3.24 Å². The van der Waals surface area contributed by atoms with Gasteiger partial charge in [-0.15, -0.1) is 0 Å². The molecule has 4 unspecified atom stereocenters. The Morgan fingerprint density at radius 1 is 1.09 bits per heavy atom. The molecule has 1 aromatic rings. The molecule has 2 aliphatic rings. The second kappa shape index (κ2) is 6.31. The fraction of sp³-hybridized carbons (Fsp3) is 0.600. The normalized spacial score (nSPS) is 32.8. The van der Waals surface area contributed by atoms with Gasteiger partial charge in [0.2, 0.25) is 0 Å². The van der Waals surface area contributed by atoms with Crippen LogP contribution in [0.15, 0.2) is 28.4 Å². The quantitative estimate of drug-likeness (QED) is 0.629. The fourth-order valence-corrected chi connectivity index (χ4v) is 6.35. The molecule has 22 heavy (non-hydrogen) atoms. The van der Waals surface area contributed by atoms with Crippen molar-refractivity contribution in [3.8, 4) is 0 Å². The fourth-order valence-electron chi connectivity index (χ4n) is 4.38. The van der Waals surface area contributed by atoms with Crippen molar-refractivity contribution in [3.05, 3.63) is 39.5 Å². The van der Waals surface area contributed by atoms with Gasteiger partial charge in [-0.25, -0.2) is 0 Å². The van der Waals surface area contributed by atoms with E-state index in [0.717, 1.165) is 23.9 Å². The first-order valence-electron chi connectivity index (χ1n) is 8.86. The molecule has 2 heterocycles. The first-order valence-corrected chi connectivity index (χ1v) is 19.1. The summed E-state index contributed by atoms with van der Waals surface area (Å²) in [6.45, 7) is 2.47. The summed E-state index contributed by atoms with van der Waals surface area (Å²) in [5.74, 6) is 1.55. The number of nitrogens with zero attached hydrogens (tertiary/aromatic N) is 1. The summed E-state index contributed by atoms with van der Waals surface area (Å²) in [7, 11) is 2.33. The molecule has 0 aromatic heterocycles. The van der Waals surface area contributed by atoms with E-state index in [1.165, 1.54) is 24.8 Å². The van der Waals surface area contributed by atoms with E-state index in [-0.39, 0.29) is 0 Å². The van der Waals surface area contributed by atoms with Crippen LogP contribution in [0.25, 0.3) is 6.08 Å². The number of piperidine rings is 1. The number of hydrogen-bond donors (Lipinski definition) is 0. The van der Waals surface area contributed by atoms with Crippen molar-refractivity contribution in [2.75, 3.05) is 7.05 Å². The molecule has 2 fully saturated rings. The minimum atomic E-state index is -1.79.